The van der Waals surface area contributed by atoms with Gasteiger partial charge in [0, 0.05) is 0 Å². The summed E-state index contributed by atoms with van der Waals surface area (Å²) in [5.74, 6) is 0. The molecule has 0 fully saturated rings. The Hall–Kier alpha value is 0.177. The van der Waals surface area contributed by atoms with Crippen molar-refractivity contribution < 1.29 is 4.43 Å². The van der Waals surface area contributed by atoms with Gasteiger partial charge in [-0.25, -0.2) is 0 Å². The minimum absolute atomic E-state index is 0.702. The molecule has 0 aliphatic heterocycles. The van der Waals surface area contributed by atoms with Crippen molar-refractivity contribution in [2.24, 2.45) is 0 Å². The van der Waals surface area contributed by atoms with Gasteiger partial charge in [-0.2, -0.15) is 0 Å². The van der Waals surface area contributed by atoms with Crippen molar-refractivity contribution in [3.05, 3.63) is 6.61 Å². The van der Waals surface area contributed by atoms with Crippen molar-refractivity contribution in [1.82, 2.24) is 0 Å². The Morgan fingerprint density at radius 1 is 1.33 bits per heavy atom. The van der Waals surface area contributed by atoms with E-state index in [-0.39, 0.29) is 0 Å². The van der Waals surface area contributed by atoms with E-state index in [9.17, 15) is 0 Å². The normalized spacial score (nSPS) is 12.7. The SMILES string of the molecule is C[CH]O[Si](C)(C)C(C)C. The van der Waals surface area contributed by atoms with Gasteiger partial charge in [-0.05, 0) is 25.6 Å². The summed E-state index contributed by atoms with van der Waals surface area (Å²) in [4.78, 5) is 0. The Morgan fingerprint density at radius 2 is 1.78 bits per heavy atom. The maximum Gasteiger partial charge on any atom is 0.189 e. The highest BCUT2D eigenvalue weighted by Crippen LogP contribution is 2.21. The van der Waals surface area contributed by atoms with Gasteiger partial charge in [0.05, 0.1) is 6.61 Å². The van der Waals surface area contributed by atoms with E-state index in [0.29, 0.717) is 5.54 Å². The van der Waals surface area contributed by atoms with Crippen LogP contribution in [0.15, 0.2) is 0 Å². The third-order valence-corrected chi connectivity index (χ3v) is 5.44. The van der Waals surface area contributed by atoms with Crippen molar-refractivity contribution in [3.8, 4) is 0 Å². The number of rotatable bonds is 3. The molecule has 0 amide bonds. The molecule has 0 spiro atoms. The first-order valence-electron chi connectivity index (χ1n) is 3.46. The molecule has 0 bridgehead atoms. The lowest BCUT2D eigenvalue weighted by atomic mass is 10.6. The third kappa shape index (κ3) is 3.01. The first-order chi connectivity index (χ1) is 4.00. The summed E-state index contributed by atoms with van der Waals surface area (Å²) in [6.45, 7) is 12.7. The fraction of sp³-hybridized carbons (Fsp3) is 0.857. The third-order valence-electron chi connectivity index (χ3n) is 1.81. The van der Waals surface area contributed by atoms with Crippen LogP contribution in [0, 0.1) is 6.61 Å². The van der Waals surface area contributed by atoms with Crippen LogP contribution in [0.25, 0.3) is 0 Å². The molecule has 0 aliphatic rings. The highest BCUT2D eigenvalue weighted by molar-refractivity contribution is 6.72. The lowest BCUT2D eigenvalue weighted by Gasteiger charge is -2.25. The summed E-state index contributed by atoms with van der Waals surface area (Å²) < 4.78 is 5.50. The molecule has 55 valence electrons. The summed E-state index contributed by atoms with van der Waals surface area (Å²) in [6, 6.07) is 0. The van der Waals surface area contributed by atoms with Crippen LogP contribution in [0.2, 0.25) is 18.6 Å². The molecule has 0 heterocycles. The molecule has 0 rings (SSSR count). The Kier molecular flexibility index (Phi) is 3.44. The Labute approximate surface area is 59.5 Å². The summed E-state index contributed by atoms with van der Waals surface area (Å²) >= 11 is 0. The quantitative estimate of drug-likeness (QED) is 0.555. The molecule has 0 unspecified atom stereocenters. The summed E-state index contributed by atoms with van der Waals surface area (Å²) in [5, 5.41) is 0. The Bertz CT molecular complexity index is 79.0. The molecular formula is C7H17OSi. The van der Waals surface area contributed by atoms with E-state index in [1.165, 1.54) is 0 Å². The lowest BCUT2D eigenvalue weighted by Crippen LogP contribution is -2.32. The van der Waals surface area contributed by atoms with E-state index in [0.717, 1.165) is 0 Å². The molecule has 0 saturated carbocycles. The van der Waals surface area contributed by atoms with Gasteiger partial charge in [-0.1, -0.05) is 13.8 Å². The summed E-state index contributed by atoms with van der Waals surface area (Å²) in [5.41, 5.74) is 0.702. The zero-order valence-corrected chi connectivity index (χ0v) is 8.06. The second-order valence-corrected chi connectivity index (χ2v) is 7.71. The maximum absolute atomic E-state index is 5.50. The molecule has 0 aliphatic carbocycles. The fourth-order valence-corrected chi connectivity index (χ4v) is 1.32. The molecule has 0 aromatic rings. The largest absolute Gasteiger partial charge is 0.412 e. The lowest BCUT2D eigenvalue weighted by molar-refractivity contribution is 0.397. The van der Waals surface area contributed by atoms with Crippen LogP contribution in [0.4, 0.5) is 0 Å². The van der Waals surface area contributed by atoms with E-state index < -0.39 is 8.32 Å². The van der Waals surface area contributed by atoms with Crippen molar-refractivity contribution in [2.45, 2.75) is 39.4 Å². The van der Waals surface area contributed by atoms with Crippen molar-refractivity contribution >= 4 is 8.32 Å². The zero-order valence-electron chi connectivity index (χ0n) is 7.06. The molecule has 0 N–H and O–H groups in total. The van der Waals surface area contributed by atoms with Gasteiger partial charge < -0.3 is 4.43 Å². The standard InChI is InChI=1S/C7H17OSi/c1-6-8-9(4,5)7(2)3/h6-7H,1-5H3. The van der Waals surface area contributed by atoms with Gasteiger partial charge in [-0.15, -0.1) is 0 Å². The minimum atomic E-state index is -1.34. The average molecular weight is 145 g/mol. The number of hydrogen-bond acceptors (Lipinski definition) is 1. The molecular weight excluding hydrogens is 128 g/mol. The van der Waals surface area contributed by atoms with Gasteiger partial charge in [0.15, 0.2) is 8.32 Å². The van der Waals surface area contributed by atoms with Crippen LogP contribution in [-0.2, 0) is 4.43 Å². The maximum atomic E-state index is 5.50. The molecule has 1 radical (unpaired) electrons. The second-order valence-electron chi connectivity index (χ2n) is 3.11. The molecule has 9 heavy (non-hydrogen) atoms. The molecule has 1 nitrogen and oxygen atoms in total. The van der Waals surface area contributed by atoms with Crippen LogP contribution >= 0.6 is 0 Å². The molecule has 0 atom stereocenters. The van der Waals surface area contributed by atoms with Crippen LogP contribution in [0.1, 0.15) is 20.8 Å². The Balaban J connectivity index is 3.70. The summed E-state index contributed by atoms with van der Waals surface area (Å²) in [6.07, 6.45) is 0. The smallest absolute Gasteiger partial charge is 0.189 e. The zero-order chi connectivity index (χ0) is 7.49. The number of hydrogen-bond donors (Lipinski definition) is 0. The van der Waals surface area contributed by atoms with Crippen LogP contribution in [0.5, 0.6) is 0 Å². The summed E-state index contributed by atoms with van der Waals surface area (Å²) in [7, 11) is -1.34. The van der Waals surface area contributed by atoms with Crippen molar-refractivity contribution in [2.75, 3.05) is 0 Å². The van der Waals surface area contributed by atoms with E-state index in [1.54, 1.807) is 0 Å². The predicted octanol–water partition coefficient (Wildman–Crippen LogP) is 2.80. The van der Waals surface area contributed by atoms with Gasteiger partial charge in [0.2, 0.25) is 0 Å². The molecule has 0 saturated heterocycles. The second kappa shape index (κ2) is 3.37. The van der Waals surface area contributed by atoms with Crippen molar-refractivity contribution in [1.29, 1.82) is 0 Å². The highest BCUT2D eigenvalue weighted by Gasteiger charge is 2.25. The van der Waals surface area contributed by atoms with Crippen LogP contribution in [-0.4, -0.2) is 8.32 Å². The monoisotopic (exact) mass is 145 g/mol. The Morgan fingerprint density at radius 3 is 1.89 bits per heavy atom. The molecule has 2 heteroatoms. The topological polar surface area (TPSA) is 9.23 Å². The van der Waals surface area contributed by atoms with Gasteiger partial charge >= 0.3 is 0 Å². The molecule has 0 aromatic heterocycles. The predicted molar refractivity (Wildman–Crippen MR) is 43.6 cm³/mol. The van der Waals surface area contributed by atoms with E-state index in [4.69, 9.17) is 4.43 Å². The van der Waals surface area contributed by atoms with Gasteiger partial charge in [0.25, 0.3) is 0 Å². The first-order valence-corrected chi connectivity index (χ1v) is 6.45. The van der Waals surface area contributed by atoms with E-state index in [1.807, 2.05) is 13.5 Å². The van der Waals surface area contributed by atoms with Crippen molar-refractivity contribution in [3.63, 3.8) is 0 Å². The molecule has 0 aromatic carbocycles. The van der Waals surface area contributed by atoms with Crippen LogP contribution < -0.4 is 0 Å². The van der Waals surface area contributed by atoms with E-state index >= 15 is 0 Å². The minimum Gasteiger partial charge on any atom is -0.412 e. The first kappa shape index (κ1) is 9.18. The van der Waals surface area contributed by atoms with Gasteiger partial charge in [0.1, 0.15) is 0 Å². The highest BCUT2D eigenvalue weighted by atomic mass is 28.4. The van der Waals surface area contributed by atoms with E-state index in [2.05, 4.69) is 26.9 Å². The van der Waals surface area contributed by atoms with Gasteiger partial charge in [-0.3, -0.25) is 0 Å². The fourth-order valence-electron chi connectivity index (χ4n) is 0.440. The average Bonchev–Trinajstić information content (AvgIpc) is 1.65. The van der Waals surface area contributed by atoms with Crippen LogP contribution in [0.3, 0.4) is 0 Å².